The van der Waals surface area contributed by atoms with Crippen molar-refractivity contribution < 1.29 is 24.7 Å². The molecule has 0 unspecified atom stereocenters. The molecular formula is C27H27N3O7. The first kappa shape index (κ1) is 25.8. The van der Waals surface area contributed by atoms with Crippen LogP contribution in [-0.4, -0.2) is 39.3 Å². The fraction of sp³-hybridized carbons (Fsp3) is 0.259. The summed E-state index contributed by atoms with van der Waals surface area (Å²) < 4.78 is 6.55. The summed E-state index contributed by atoms with van der Waals surface area (Å²) in [5.41, 5.74) is -0.857. The molecule has 10 nitrogen and oxygen atoms in total. The second-order valence-electron chi connectivity index (χ2n) is 8.77. The lowest BCUT2D eigenvalue weighted by atomic mass is 9.82. The van der Waals surface area contributed by atoms with Gasteiger partial charge in [-0.05, 0) is 42.3 Å². The molecule has 0 saturated heterocycles. The number of nitrogens with zero attached hydrogens (tertiary/aromatic N) is 3. The van der Waals surface area contributed by atoms with Gasteiger partial charge < -0.3 is 19.8 Å². The number of aromatic nitrogens is 1. The summed E-state index contributed by atoms with van der Waals surface area (Å²) in [5.74, 6) is -1.15. The number of fused-ring (bicyclic) bond motifs is 1. The highest BCUT2D eigenvalue weighted by Crippen LogP contribution is 2.47. The van der Waals surface area contributed by atoms with Gasteiger partial charge in [0.15, 0.2) is 11.4 Å². The Bertz CT molecular complexity index is 1430. The normalized spacial score (nSPS) is 17.7. The van der Waals surface area contributed by atoms with E-state index in [1.54, 1.807) is 61.7 Å². The molecule has 0 aliphatic carbocycles. The predicted octanol–water partition coefficient (Wildman–Crippen LogP) is 3.06. The van der Waals surface area contributed by atoms with Gasteiger partial charge in [0, 0.05) is 42.1 Å². The predicted molar refractivity (Wildman–Crippen MR) is 137 cm³/mol. The van der Waals surface area contributed by atoms with Crippen LogP contribution in [0.4, 0.5) is 11.4 Å². The average molecular weight is 506 g/mol. The highest BCUT2D eigenvalue weighted by Gasteiger charge is 2.53. The molecule has 4 rings (SSSR count). The number of carbonyl (C=O) groups excluding carboxylic acids is 1. The Kier molecular flexibility index (Phi) is 7.23. The maximum absolute atomic E-state index is 13.7. The Balaban J connectivity index is 1.75. The molecule has 2 atom stereocenters. The number of carbonyl (C=O) groups is 1. The number of amides is 1. The summed E-state index contributed by atoms with van der Waals surface area (Å²) in [6.45, 7) is 1.62. The molecule has 0 saturated carbocycles. The lowest BCUT2D eigenvalue weighted by molar-refractivity contribution is -0.385. The number of nitro benzene ring substituents is 1. The number of ether oxygens (including phenoxy) is 1. The molecule has 10 heteroatoms. The maximum Gasteiger partial charge on any atom is 0.297 e. The van der Waals surface area contributed by atoms with Gasteiger partial charge in [-0.15, -0.1) is 0 Å². The summed E-state index contributed by atoms with van der Waals surface area (Å²) in [7, 11) is 1.42. The third kappa shape index (κ3) is 4.64. The number of anilines is 1. The van der Waals surface area contributed by atoms with Crippen LogP contribution in [0.2, 0.25) is 0 Å². The number of methoxy groups -OCH3 is 1. The molecule has 1 aromatic heterocycles. The molecule has 192 valence electrons. The molecule has 3 aromatic rings. The van der Waals surface area contributed by atoms with E-state index in [0.29, 0.717) is 23.4 Å². The summed E-state index contributed by atoms with van der Waals surface area (Å²) >= 11 is 0. The highest BCUT2D eigenvalue weighted by molar-refractivity contribution is 6.07. The number of aliphatic hydroxyl groups is 2. The van der Waals surface area contributed by atoms with E-state index in [1.807, 2.05) is 0 Å². The third-order valence-corrected chi connectivity index (χ3v) is 6.50. The van der Waals surface area contributed by atoms with Gasteiger partial charge in [-0.25, -0.2) is 0 Å². The molecule has 2 N–H and O–H groups in total. The van der Waals surface area contributed by atoms with Crippen LogP contribution >= 0.6 is 0 Å². The highest BCUT2D eigenvalue weighted by atomic mass is 16.6. The molecular weight excluding hydrogens is 478 g/mol. The minimum Gasteiger partial charge on any atom is -0.491 e. The van der Waals surface area contributed by atoms with Crippen LogP contribution in [0.25, 0.3) is 5.69 Å². The van der Waals surface area contributed by atoms with Gasteiger partial charge in [0.2, 0.25) is 0 Å². The molecule has 0 radical (unpaired) electrons. The Hall–Kier alpha value is -4.28. The van der Waals surface area contributed by atoms with Crippen molar-refractivity contribution >= 4 is 17.3 Å². The van der Waals surface area contributed by atoms with E-state index in [9.17, 15) is 24.8 Å². The Morgan fingerprint density at radius 2 is 1.95 bits per heavy atom. The quantitative estimate of drug-likeness (QED) is 0.259. The van der Waals surface area contributed by atoms with Gasteiger partial charge in [0.25, 0.3) is 17.2 Å². The maximum atomic E-state index is 13.7. The molecule has 0 bridgehead atoms. The second kappa shape index (κ2) is 10.4. The molecule has 2 heterocycles. The molecule has 1 aliphatic heterocycles. The van der Waals surface area contributed by atoms with Crippen LogP contribution in [0.1, 0.15) is 24.5 Å². The molecule has 2 aromatic carbocycles. The summed E-state index contributed by atoms with van der Waals surface area (Å²) in [6.07, 6.45) is 5.23. The Labute approximate surface area is 212 Å². The van der Waals surface area contributed by atoms with Crippen molar-refractivity contribution in [2.45, 2.75) is 25.5 Å². The fourth-order valence-corrected chi connectivity index (χ4v) is 4.54. The third-order valence-electron chi connectivity index (χ3n) is 6.50. The van der Waals surface area contributed by atoms with E-state index in [2.05, 4.69) is 0 Å². The molecule has 1 amide bonds. The molecule has 37 heavy (non-hydrogen) atoms. The lowest BCUT2D eigenvalue weighted by Crippen LogP contribution is -2.44. The van der Waals surface area contributed by atoms with Crippen molar-refractivity contribution in [1.82, 2.24) is 4.57 Å². The van der Waals surface area contributed by atoms with Crippen LogP contribution in [0.3, 0.4) is 0 Å². The fourth-order valence-electron chi connectivity index (χ4n) is 4.54. The monoisotopic (exact) mass is 505 g/mol. The number of aliphatic hydroxyl groups excluding tert-OH is 1. The number of hydrogen-bond acceptors (Lipinski definition) is 7. The van der Waals surface area contributed by atoms with Gasteiger partial charge in [0.1, 0.15) is 0 Å². The number of pyridine rings is 1. The zero-order valence-corrected chi connectivity index (χ0v) is 20.4. The Morgan fingerprint density at radius 3 is 2.65 bits per heavy atom. The van der Waals surface area contributed by atoms with Crippen LogP contribution in [0, 0.1) is 16.0 Å². The van der Waals surface area contributed by atoms with Gasteiger partial charge in [-0.1, -0.05) is 31.2 Å². The van der Waals surface area contributed by atoms with E-state index in [1.165, 1.54) is 34.8 Å². The van der Waals surface area contributed by atoms with E-state index in [4.69, 9.17) is 9.84 Å². The lowest BCUT2D eigenvalue weighted by Gasteiger charge is -2.27. The van der Waals surface area contributed by atoms with Crippen molar-refractivity contribution in [3.8, 4) is 11.4 Å². The van der Waals surface area contributed by atoms with Crippen molar-refractivity contribution in [3.63, 3.8) is 0 Å². The number of non-ortho nitro benzene ring substituents is 1. The summed E-state index contributed by atoms with van der Waals surface area (Å²) in [4.78, 5) is 38.6. The van der Waals surface area contributed by atoms with Gasteiger partial charge in [0.05, 0.1) is 24.3 Å². The number of rotatable bonds is 9. The average Bonchev–Trinajstić information content (AvgIpc) is 3.11. The van der Waals surface area contributed by atoms with Crippen molar-refractivity contribution in [1.29, 1.82) is 0 Å². The molecule has 1 aliphatic rings. The number of benzene rings is 2. The van der Waals surface area contributed by atoms with E-state index < -0.39 is 22.3 Å². The standard InChI is InChI=1S/C27H27N3O7/c1-18(7-3-4-14-31)27(34)22-16-21(30(35)36)11-12-23(22)29(26(27)33)17-19-8-5-9-20(15-19)28-13-6-10-24(37-2)25(28)32/h3,5-13,15-16,18,31,34H,4,14,17H2,1-2H3/b7-3+/t18-,27+/m0/s1. The van der Waals surface area contributed by atoms with Crippen LogP contribution < -0.4 is 15.2 Å². The van der Waals surface area contributed by atoms with Gasteiger partial charge >= 0.3 is 0 Å². The molecule has 0 fully saturated rings. The Morgan fingerprint density at radius 1 is 1.16 bits per heavy atom. The van der Waals surface area contributed by atoms with Gasteiger partial charge in [-0.3, -0.25) is 24.3 Å². The first-order valence-corrected chi connectivity index (χ1v) is 11.7. The summed E-state index contributed by atoms with van der Waals surface area (Å²) in [6, 6.07) is 14.3. The minimum atomic E-state index is -2.03. The minimum absolute atomic E-state index is 0.0611. The van der Waals surface area contributed by atoms with Crippen molar-refractivity contribution in [3.05, 3.63) is 105 Å². The number of hydrogen-bond donors (Lipinski definition) is 2. The van der Waals surface area contributed by atoms with E-state index >= 15 is 0 Å². The van der Waals surface area contributed by atoms with Gasteiger partial charge in [-0.2, -0.15) is 0 Å². The van der Waals surface area contributed by atoms with Crippen molar-refractivity contribution in [2.24, 2.45) is 5.92 Å². The zero-order valence-electron chi connectivity index (χ0n) is 20.4. The van der Waals surface area contributed by atoms with Crippen LogP contribution in [0.15, 0.2) is 77.7 Å². The second-order valence-corrected chi connectivity index (χ2v) is 8.77. The summed E-state index contributed by atoms with van der Waals surface area (Å²) in [5, 5.41) is 32.2. The van der Waals surface area contributed by atoms with Crippen LogP contribution in [0.5, 0.6) is 5.75 Å². The topological polar surface area (TPSA) is 135 Å². The number of nitro groups is 1. The SMILES string of the molecule is COc1cccn(-c2cccc(CN3C(=O)[C@@](O)([C@@H](C)/C=C/CCO)c4cc([N+](=O)[O-])ccc43)c2)c1=O. The largest absolute Gasteiger partial charge is 0.491 e. The first-order chi connectivity index (χ1) is 17.7. The molecule has 0 spiro atoms. The van der Waals surface area contributed by atoms with E-state index in [0.717, 1.165) is 0 Å². The smallest absolute Gasteiger partial charge is 0.297 e. The first-order valence-electron chi connectivity index (χ1n) is 11.7. The van der Waals surface area contributed by atoms with Crippen LogP contribution in [-0.2, 0) is 16.9 Å². The van der Waals surface area contributed by atoms with E-state index in [-0.39, 0.29) is 35.7 Å². The van der Waals surface area contributed by atoms with Crippen molar-refractivity contribution in [2.75, 3.05) is 18.6 Å². The zero-order chi connectivity index (χ0) is 26.7.